The van der Waals surface area contributed by atoms with Crippen LogP contribution in [0.5, 0.6) is 0 Å². The minimum atomic E-state index is 0.465. The van der Waals surface area contributed by atoms with Gasteiger partial charge in [-0.1, -0.05) is 358 Å². The van der Waals surface area contributed by atoms with Crippen molar-refractivity contribution in [1.29, 1.82) is 10.5 Å². The van der Waals surface area contributed by atoms with Gasteiger partial charge < -0.3 is 13.7 Å². The van der Waals surface area contributed by atoms with Crippen molar-refractivity contribution in [2.24, 2.45) is 0 Å². The second-order valence-corrected chi connectivity index (χ2v) is 36.5. The predicted molar refractivity (Wildman–Crippen MR) is 598 cm³/mol. The average Bonchev–Trinajstić information content (AvgIpc) is 1.55. The predicted octanol–water partition coefficient (Wildman–Crippen LogP) is 31.3. The number of fused-ring (bicyclic) bond motifs is 21. The summed E-state index contributed by atoms with van der Waals surface area (Å²) in [5.74, 6) is 5.08. The van der Waals surface area contributed by atoms with Crippen LogP contribution in [0.15, 0.2) is 491 Å². The van der Waals surface area contributed by atoms with Crippen molar-refractivity contribution in [2.45, 2.75) is 0 Å². The van der Waals surface area contributed by atoms with E-state index in [-0.39, 0.29) is 0 Å². The zero-order valence-electron chi connectivity index (χ0n) is 79.4. The first kappa shape index (κ1) is 86.3. The van der Waals surface area contributed by atoms with E-state index in [1.54, 1.807) is 24.3 Å². The summed E-state index contributed by atoms with van der Waals surface area (Å²) in [5.41, 5.74) is 27.2. The summed E-state index contributed by atoms with van der Waals surface area (Å²) in [4.78, 5) is 46.0. The number of nitriles is 2. The third-order valence-corrected chi connectivity index (χ3v) is 28.0. The van der Waals surface area contributed by atoms with Gasteiger partial charge >= 0.3 is 0 Å². The molecular weight excluding hydrogens is 1810 g/mol. The molecule has 29 rings (SSSR count). The van der Waals surface area contributed by atoms with Crippen molar-refractivity contribution in [3.63, 3.8) is 0 Å². The SMILES string of the molecule is N#Cc1ccc(-c2nc(-c3ccc(C#N)cc3)nc(-n3c4ccccc4c4ccc5c6ccccc6n(-c6ccccc6)c5c43)n2)cc1.c1ccc(-c2ccc(-c3nc(-c4ccc(-c5ccccc5)cc4)nc(-n4c5ccccc5c5c4ccc4c6ccccc6n(-c6ccccc6)c45)n3)cc2)cc1.c1ccc(-c2nc(-c3ccccc3)nc(-n3c4ccccc4c4c3ccc3c5ccccc5n(-c5ccccc5)c34)n2)cc1. The van der Waals surface area contributed by atoms with Crippen molar-refractivity contribution < 1.29 is 0 Å². The van der Waals surface area contributed by atoms with Crippen LogP contribution in [0, 0.1) is 22.7 Å². The van der Waals surface area contributed by atoms with E-state index >= 15 is 0 Å². The Kier molecular flexibility index (Phi) is 21.2. The highest BCUT2D eigenvalue weighted by molar-refractivity contribution is 6.29. The van der Waals surface area contributed by atoms with E-state index in [0.717, 1.165) is 149 Å². The van der Waals surface area contributed by atoms with E-state index in [4.69, 9.17) is 44.9 Å². The van der Waals surface area contributed by atoms with Crippen LogP contribution in [-0.2, 0) is 0 Å². The van der Waals surface area contributed by atoms with Crippen LogP contribution >= 0.6 is 0 Å². The lowest BCUT2D eigenvalue weighted by atomic mass is 10.0. The summed E-state index contributed by atoms with van der Waals surface area (Å²) in [6.07, 6.45) is 0. The van der Waals surface area contributed by atoms with Gasteiger partial charge in [0.05, 0.1) is 89.5 Å². The van der Waals surface area contributed by atoms with Crippen molar-refractivity contribution >= 4 is 131 Å². The molecule has 17 nitrogen and oxygen atoms in total. The number of benzene rings is 20. The summed E-state index contributed by atoms with van der Waals surface area (Å²) in [5, 5.41) is 32.8. The standard InChI is InChI=1S/C51H33N5.C41H23N7.C39H25N5/c1-4-14-34(15-5-1)36-24-28-38(29-25-36)49-52-50(39-30-26-37(27-31-39)35-16-6-2-7-17-35)54-51(53-49)56-45-23-13-11-21-43(45)47-46(56)33-32-42-41-20-10-12-22-44(41)55(48(42)47)40-18-8-3-9-19-40;42-24-26-14-18-28(19-15-26)39-44-40(29-20-16-27(25-43)17-21-29)46-41(45-39)48-36-13-7-5-11-32(36)34-23-22-33-31-10-4-6-12-35(31)47(37(33)38(34)48)30-8-2-1-3-9-30;1-4-14-26(15-5-1)37-40-38(27-16-6-2-7-17-27)42-39(41-37)44-33-23-13-11-21-31(33)35-34(44)25-24-30-29-20-10-12-22-32(29)43(36(30)35)28-18-8-3-9-19-28/h1-33H;1-23H;1-25H. The summed E-state index contributed by atoms with van der Waals surface area (Å²) in [6, 6.07) is 173. The van der Waals surface area contributed by atoms with Crippen LogP contribution in [0.4, 0.5) is 0 Å². The summed E-state index contributed by atoms with van der Waals surface area (Å²) in [6.45, 7) is 0. The number of rotatable bonds is 14. The Bertz CT molecular complexity index is 10100. The van der Waals surface area contributed by atoms with Crippen LogP contribution < -0.4 is 0 Å². The van der Waals surface area contributed by atoms with Gasteiger partial charge in [-0.2, -0.15) is 40.4 Å². The summed E-state index contributed by atoms with van der Waals surface area (Å²) >= 11 is 0. The maximum atomic E-state index is 9.43. The Balaban J connectivity index is 0.000000110. The lowest BCUT2D eigenvalue weighted by Gasteiger charge is -2.13. The Morgan fingerprint density at radius 1 is 0.142 bits per heavy atom. The third-order valence-electron chi connectivity index (χ3n) is 28.0. The Morgan fingerprint density at radius 2 is 0.345 bits per heavy atom. The first-order chi connectivity index (χ1) is 73.3. The average molecular weight is 1890 g/mol. The van der Waals surface area contributed by atoms with E-state index in [0.29, 0.717) is 63.9 Å². The maximum Gasteiger partial charge on any atom is 0.238 e. The Labute approximate surface area is 848 Å². The number of hydrogen-bond donors (Lipinski definition) is 0. The molecule has 690 valence electrons. The molecule has 0 atom stereocenters. The molecule has 0 aliphatic heterocycles. The number of para-hydroxylation sites is 9. The molecule has 0 radical (unpaired) electrons. The van der Waals surface area contributed by atoms with E-state index in [1.807, 2.05) is 109 Å². The quantitative estimate of drug-likeness (QED) is 0.101. The molecule has 0 aliphatic carbocycles. The largest absolute Gasteiger partial charge is 0.309 e. The van der Waals surface area contributed by atoms with Crippen LogP contribution in [0.1, 0.15) is 11.1 Å². The minimum absolute atomic E-state index is 0.465. The first-order valence-corrected chi connectivity index (χ1v) is 49.1. The molecule has 0 spiro atoms. The molecule has 0 saturated carbocycles. The van der Waals surface area contributed by atoms with Gasteiger partial charge in [0, 0.05) is 115 Å². The van der Waals surface area contributed by atoms with Gasteiger partial charge in [0.15, 0.2) is 34.9 Å². The van der Waals surface area contributed by atoms with E-state index < -0.39 is 0 Å². The number of aromatic nitrogens is 15. The lowest BCUT2D eigenvalue weighted by molar-refractivity contribution is 0.953. The van der Waals surface area contributed by atoms with E-state index in [1.165, 1.54) is 54.6 Å². The fourth-order valence-electron chi connectivity index (χ4n) is 21.3. The second-order valence-electron chi connectivity index (χ2n) is 36.5. The Hall–Kier alpha value is -20.8. The molecule has 9 aromatic heterocycles. The van der Waals surface area contributed by atoms with Crippen LogP contribution in [0.2, 0.25) is 0 Å². The highest BCUT2D eigenvalue weighted by atomic mass is 15.2. The van der Waals surface area contributed by atoms with Crippen molar-refractivity contribution in [3.8, 4) is 138 Å². The first-order valence-electron chi connectivity index (χ1n) is 49.1. The molecule has 0 saturated heterocycles. The zero-order valence-corrected chi connectivity index (χ0v) is 79.4. The fourth-order valence-corrected chi connectivity index (χ4v) is 21.3. The molecule has 0 aliphatic rings. The Morgan fingerprint density at radius 3 is 0.649 bits per heavy atom. The molecule has 0 unspecified atom stereocenters. The smallest absolute Gasteiger partial charge is 0.238 e. The zero-order chi connectivity index (χ0) is 98.2. The van der Waals surface area contributed by atoms with Gasteiger partial charge in [-0.3, -0.25) is 13.7 Å². The molecule has 9 heterocycles. The van der Waals surface area contributed by atoms with Gasteiger partial charge in [0.25, 0.3) is 0 Å². The lowest BCUT2D eigenvalue weighted by Crippen LogP contribution is -2.07. The molecule has 17 heteroatoms. The molecule has 0 bridgehead atoms. The molecule has 0 amide bonds. The molecule has 29 aromatic rings. The minimum Gasteiger partial charge on any atom is -0.309 e. The van der Waals surface area contributed by atoms with Crippen LogP contribution in [-0.4, -0.2) is 72.3 Å². The van der Waals surface area contributed by atoms with Crippen molar-refractivity contribution in [1.82, 2.24) is 72.3 Å². The normalized spacial score (nSPS) is 11.5. The summed E-state index contributed by atoms with van der Waals surface area (Å²) < 4.78 is 13.7. The molecule has 148 heavy (non-hydrogen) atoms. The molecule has 0 N–H and O–H groups in total. The molecule has 20 aromatic carbocycles. The number of nitrogens with zero attached hydrogens (tertiary/aromatic N) is 17. The van der Waals surface area contributed by atoms with E-state index in [2.05, 4.69) is 397 Å². The van der Waals surface area contributed by atoms with Gasteiger partial charge in [-0.25, -0.2) is 15.0 Å². The maximum absolute atomic E-state index is 9.43. The van der Waals surface area contributed by atoms with Gasteiger partial charge in [0.2, 0.25) is 17.8 Å². The monoisotopic (exact) mass is 1890 g/mol. The van der Waals surface area contributed by atoms with Crippen molar-refractivity contribution in [2.75, 3.05) is 0 Å². The summed E-state index contributed by atoms with van der Waals surface area (Å²) in [7, 11) is 0. The third kappa shape index (κ3) is 14.9. The fraction of sp³-hybridized carbons (Fsp3) is 0. The second kappa shape index (κ2) is 36.4. The van der Waals surface area contributed by atoms with Crippen LogP contribution in [0.25, 0.3) is 256 Å². The van der Waals surface area contributed by atoms with E-state index in [9.17, 15) is 10.5 Å². The van der Waals surface area contributed by atoms with Gasteiger partial charge in [-0.05, 0) is 156 Å². The van der Waals surface area contributed by atoms with Gasteiger partial charge in [-0.15, -0.1) is 0 Å². The number of hydrogen-bond acceptors (Lipinski definition) is 11. The van der Waals surface area contributed by atoms with Gasteiger partial charge in [0.1, 0.15) is 0 Å². The highest BCUT2D eigenvalue weighted by Gasteiger charge is 2.29. The molecular formula is C131H81N17. The van der Waals surface area contributed by atoms with Crippen molar-refractivity contribution in [3.05, 3.63) is 503 Å². The molecule has 0 fully saturated rings. The van der Waals surface area contributed by atoms with Crippen LogP contribution in [0.3, 0.4) is 0 Å². The topological polar surface area (TPSA) is 193 Å². The highest BCUT2D eigenvalue weighted by Crippen LogP contribution is 2.48.